The van der Waals surface area contributed by atoms with E-state index >= 15 is 0 Å². The number of carbonyl (C=O) groups is 3. The summed E-state index contributed by atoms with van der Waals surface area (Å²) in [5.41, 5.74) is -0.757. The summed E-state index contributed by atoms with van der Waals surface area (Å²) < 4.78 is 16.7. The molecule has 1 aromatic heterocycles. The van der Waals surface area contributed by atoms with Gasteiger partial charge >= 0.3 is 12.2 Å². The van der Waals surface area contributed by atoms with Gasteiger partial charge in [0.25, 0.3) is 5.91 Å². The first-order valence-corrected chi connectivity index (χ1v) is 11.7. The average molecular weight is 482 g/mol. The van der Waals surface area contributed by atoms with E-state index in [1.54, 1.807) is 33.0 Å². The Kier molecular flexibility index (Phi) is 6.69. The van der Waals surface area contributed by atoms with Crippen molar-refractivity contribution in [2.24, 2.45) is 5.92 Å². The fourth-order valence-corrected chi connectivity index (χ4v) is 4.38. The Bertz CT molecular complexity index is 1140. The van der Waals surface area contributed by atoms with Crippen molar-refractivity contribution in [2.75, 3.05) is 13.7 Å². The Morgan fingerprint density at radius 3 is 2.57 bits per heavy atom. The van der Waals surface area contributed by atoms with Crippen LogP contribution < -0.4 is 4.74 Å². The summed E-state index contributed by atoms with van der Waals surface area (Å²) in [7, 11) is 1.23. The summed E-state index contributed by atoms with van der Waals surface area (Å²) >= 11 is 0. The van der Waals surface area contributed by atoms with Crippen molar-refractivity contribution in [1.82, 2.24) is 14.8 Å². The summed E-state index contributed by atoms with van der Waals surface area (Å²) in [6.45, 7) is 9.14. The van der Waals surface area contributed by atoms with Crippen LogP contribution in [0.4, 0.5) is 9.59 Å². The third-order valence-electron chi connectivity index (χ3n) is 6.14. The maximum atomic E-state index is 13.6. The Morgan fingerprint density at radius 2 is 1.91 bits per heavy atom. The minimum absolute atomic E-state index is 0.00126. The van der Waals surface area contributed by atoms with Crippen LogP contribution in [0.25, 0.3) is 10.8 Å². The molecule has 0 radical (unpaired) electrons. The van der Waals surface area contributed by atoms with Crippen LogP contribution in [-0.4, -0.2) is 70.3 Å². The minimum Gasteiger partial charge on any atom is -0.472 e. The first kappa shape index (κ1) is 24.5. The molecular weight excluding hydrogens is 450 g/mol. The lowest BCUT2D eigenvalue weighted by atomic mass is 10.1. The van der Waals surface area contributed by atoms with Gasteiger partial charge in [0.05, 0.1) is 19.7 Å². The molecule has 0 spiro atoms. The summed E-state index contributed by atoms with van der Waals surface area (Å²) in [6, 6.07) is 8.28. The number of rotatable bonds is 5. The van der Waals surface area contributed by atoms with Crippen molar-refractivity contribution in [1.29, 1.82) is 0 Å². The van der Waals surface area contributed by atoms with Crippen molar-refractivity contribution in [3.63, 3.8) is 0 Å². The van der Waals surface area contributed by atoms with Gasteiger partial charge in [0.15, 0.2) is 0 Å². The molecule has 2 fully saturated rings. The van der Waals surface area contributed by atoms with Gasteiger partial charge in [0.1, 0.15) is 17.7 Å². The SMILES string of the molecule is C=CC1CC1N(C(=O)OC)C(=O)C1CC(Oc2nccc3ccccc23)CN1C(=O)OC(C)(C)C. The second-order valence-corrected chi connectivity index (χ2v) is 9.84. The van der Waals surface area contributed by atoms with E-state index < -0.39 is 35.8 Å². The van der Waals surface area contributed by atoms with Crippen LogP contribution in [0.1, 0.15) is 33.6 Å². The molecule has 1 aliphatic heterocycles. The summed E-state index contributed by atoms with van der Waals surface area (Å²) in [6.07, 6.45) is 2.24. The zero-order chi connectivity index (χ0) is 25.3. The normalized spacial score (nSPS) is 23.5. The van der Waals surface area contributed by atoms with Gasteiger partial charge in [-0.25, -0.2) is 19.5 Å². The summed E-state index contributed by atoms with van der Waals surface area (Å²) in [5.74, 6) is -0.0977. The van der Waals surface area contributed by atoms with Crippen LogP contribution in [0.3, 0.4) is 0 Å². The highest BCUT2D eigenvalue weighted by Gasteiger charge is 2.51. The van der Waals surface area contributed by atoms with E-state index in [4.69, 9.17) is 14.2 Å². The number of amides is 3. The van der Waals surface area contributed by atoms with Gasteiger partial charge < -0.3 is 14.2 Å². The van der Waals surface area contributed by atoms with Gasteiger partial charge in [0, 0.05) is 18.0 Å². The molecule has 1 saturated heterocycles. The van der Waals surface area contributed by atoms with Gasteiger partial charge in [-0.3, -0.25) is 9.69 Å². The molecule has 1 aliphatic carbocycles. The number of ether oxygens (including phenoxy) is 3. The Morgan fingerprint density at radius 1 is 1.17 bits per heavy atom. The number of hydrogen-bond donors (Lipinski definition) is 0. The largest absolute Gasteiger partial charge is 0.472 e. The number of carbonyl (C=O) groups excluding carboxylic acids is 3. The maximum Gasteiger partial charge on any atom is 0.416 e. The van der Waals surface area contributed by atoms with Gasteiger partial charge in [-0.05, 0) is 50.6 Å². The quantitative estimate of drug-likeness (QED) is 0.592. The highest BCUT2D eigenvalue weighted by Crippen LogP contribution is 2.39. The van der Waals surface area contributed by atoms with Crippen molar-refractivity contribution in [2.45, 2.75) is 57.4 Å². The van der Waals surface area contributed by atoms with Crippen LogP contribution in [-0.2, 0) is 14.3 Å². The van der Waals surface area contributed by atoms with Crippen molar-refractivity contribution >= 4 is 28.9 Å². The lowest BCUT2D eigenvalue weighted by Crippen LogP contribution is -2.51. The van der Waals surface area contributed by atoms with Gasteiger partial charge in [0.2, 0.25) is 5.88 Å². The number of benzene rings is 1. The predicted molar refractivity (Wildman–Crippen MR) is 129 cm³/mol. The van der Waals surface area contributed by atoms with Gasteiger partial charge in [-0.1, -0.05) is 24.3 Å². The van der Waals surface area contributed by atoms with E-state index in [1.165, 1.54) is 12.0 Å². The number of nitrogens with zero attached hydrogens (tertiary/aromatic N) is 3. The molecule has 9 nitrogen and oxygen atoms in total. The molecule has 35 heavy (non-hydrogen) atoms. The second-order valence-electron chi connectivity index (χ2n) is 9.84. The molecule has 0 N–H and O–H groups in total. The van der Waals surface area contributed by atoms with E-state index in [0.29, 0.717) is 12.3 Å². The standard InChI is InChI=1S/C26H31N3O6/c1-6-16-13-20(16)29(25(32)33-5)23(30)21-14-18(15-28(21)24(31)35-26(2,3)4)34-22-19-10-8-7-9-17(19)11-12-27-22/h6-12,16,18,20-21H,1,13-15H2,2-5H3. The fourth-order valence-electron chi connectivity index (χ4n) is 4.38. The first-order chi connectivity index (χ1) is 16.6. The monoisotopic (exact) mass is 481 g/mol. The van der Waals surface area contributed by atoms with E-state index in [1.807, 2.05) is 30.3 Å². The second kappa shape index (κ2) is 9.56. The number of aromatic nitrogens is 1. The molecule has 3 amide bonds. The Hall–Kier alpha value is -3.62. The summed E-state index contributed by atoms with van der Waals surface area (Å²) in [5, 5.41) is 1.80. The molecule has 1 aromatic carbocycles. The number of imide groups is 1. The van der Waals surface area contributed by atoms with E-state index in [2.05, 4.69) is 11.6 Å². The lowest BCUT2D eigenvalue weighted by molar-refractivity contribution is -0.134. The van der Waals surface area contributed by atoms with E-state index in [0.717, 1.165) is 15.7 Å². The fraction of sp³-hybridized carbons (Fsp3) is 0.462. The number of hydrogen-bond acceptors (Lipinski definition) is 7. The van der Waals surface area contributed by atoms with Crippen molar-refractivity contribution in [3.8, 4) is 5.88 Å². The van der Waals surface area contributed by atoms with Gasteiger partial charge in [-0.15, -0.1) is 6.58 Å². The Labute approximate surface area is 204 Å². The third-order valence-corrected chi connectivity index (χ3v) is 6.14. The molecule has 0 bridgehead atoms. The van der Waals surface area contributed by atoms with E-state index in [9.17, 15) is 14.4 Å². The van der Waals surface area contributed by atoms with Crippen LogP contribution in [0.2, 0.25) is 0 Å². The molecule has 2 heterocycles. The predicted octanol–water partition coefficient (Wildman–Crippen LogP) is 4.16. The van der Waals surface area contributed by atoms with Gasteiger partial charge in [-0.2, -0.15) is 0 Å². The molecular formula is C26H31N3O6. The summed E-state index contributed by atoms with van der Waals surface area (Å²) in [4.78, 5) is 46.1. The Balaban J connectivity index is 1.61. The molecule has 4 atom stereocenters. The first-order valence-electron chi connectivity index (χ1n) is 11.7. The topological polar surface area (TPSA) is 98.3 Å². The zero-order valence-corrected chi connectivity index (χ0v) is 20.5. The zero-order valence-electron chi connectivity index (χ0n) is 20.5. The lowest BCUT2D eigenvalue weighted by Gasteiger charge is -2.30. The highest BCUT2D eigenvalue weighted by atomic mass is 16.6. The molecule has 2 aromatic rings. The third kappa shape index (κ3) is 5.23. The minimum atomic E-state index is -0.949. The highest BCUT2D eigenvalue weighted by molar-refractivity contribution is 5.97. The van der Waals surface area contributed by atoms with E-state index in [-0.39, 0.29) is 24.9 Å². The molecule has 4 unspecified atom stereocenters. The smallest absolute Gasteiger partial charge is 0.416 e. The number of fused-ring (bicyclic) bond motifs is 1. The molecule has 4 rings (SSSR count). The number of likely N-dealkylation sites (tertiary alicyclic amines) is 1. The number of pyridine rings is 1. The number of methoxy groups -OCH3 is 1. The van der Waals surface area contributed by atoms with Crippen molar-refractivity contribution in [3.05, 3.63) is 49.2 Å². The maximum absolute atomic E-state index is 13.6. The molecule has 2 aliphatic rings. The van der Waals surface area contributed by atoms with Crippen LogP contribution in [0.5, 0.6) is 5.88 Å². The molecule has 186 valence electrons. The van der Waals surface area contributed by atoms with Crippen LogP contribution in [0, 0.1) is 5.92 Å². The molecule has 9 heteroatoms. The average Bonchev–Trinajstić information content (AvgIpc) is 3.46. The molecule has 1 saturated carbocycles. The van der Waals surface area contributed by atoms with Crippen molar-refractivity contribution < 1.29 is 28.6 Å². The van der Waals surface area contributed by atoms with Crippen LogP contribution >= 0.6 is 0 Å². The van der Waals surface area contributed by atoms with Crippen LogP contribution in [0.15, 0.2) is 49.2 Å².